The minimum Gasteiger partial charge on any atom is -0.491 e. The average molecular weight is 378 g/mol. The number of hydrogen-bond acceptors (Lipinski definition) is 4. The van der Waals surface area contributed by atoms with E-state index < -0.39 is 0 Å². The van der Waals surface area contributed by atoms with Gasteiger partial charge >= 0.3 is 0 Å². The van der Waals surface area contributed by atoms with Gasteiger partial charge in [-0.1, -0.05) is 12.1 Å². The number of carbonyl (C=O) groups excluding carboxylic acids is 2. The maximum atomic E-state index is 12.5. The molecule has 0 saturated heterocycles. The number of ether oxygens (including phenoxy) is 1. The molecular formula is C22H22N2O4. The first-order chi connectivity index (χ1) is 13.5. The number of hydrogen-bond donors (Lipinski definition) is 2. The van der Waals surface area contributed by atoms with Crippen LogP contribution in [0.25, 0.3) is 0 Å². The molecule has 3 aromatic rings. The summed E-state index contributed by atoms with van der Waals surface area (Å²) in [6.45, 7) is 4.15. The van der Waals surface area contributed by atoms with Crippen LogP contribution in [-0.2, 0) is 6.54 Å². The van der Waals surface area contributed by atoms with E-state index in [0.29, 0.717) is 34.9 Å². The number of benzene rings is 2. The van der Waals surface area contributed by atoms with Crippen LogP contribution in [0.4, 0.5) is 5.69 Å². The van der Waals surface area contributed by atoms with Gasteiger partial charge in [-0.2, -0.15) is 0 Å². The fourth-order valence-corrected chi connectivity index (χ4v) is 2.61. The Kier molecular flexibility index (Phi) is 6.11. The first-order valence-electron chi connectivity index (χ1n) is 9.00. The maximum absolute atomic E-state index is 12.5. The quantitative estimate of drug-likeness (QED) is 0.644. The molecule has 2 N–H and O–H groups in total. The molecule has 0 aliphatic heterocycles. The van der Waals surface area contributed by atoms with Crippen molar-refractivity contribution in [3.8, 4) is 5.75 Å². The summed E-state index contributed by atoms with van der Waals surface area (Å²) < 4.78 is 10.8. The second-order valence-electron chi connectivity index (χ2n) is 6.49. The van der Waals surface area contributed by atoms with Crippen molar-refractivity contribution in [3.05, 3.63) is 83.8 Å². The molecular weight excluding hydrogens is 356 g/mol. The molecule has 144 valence electrons. The van der Waals surface area contributed by atoms with Crippen molar-refractivity contribution in [2.24, 2.45) is 0 Å². The number of anilines is 1. The fraction of sp³-hybridized carbons (Fsp3) is 0.182. The minimum absolute atomic E-state index is 0.0229. The highest BCUT2D eigenvalue weighted by Crippen LogP contribution is 2.17. The van der Waals surface area contributed by atoms with E-state index in [1.807, 2.05) is 13.8 Å². The molecule has 0 bridgehead atoms. The molecule has 0 atom stereocenters. The van der Waals surface area contributed by atoms with Gasteiger partial charge in [0.15, 0.2) is 0 Å². The Balaban J connectivity index is 1.65. The Morgan fingerprint density at radius 3 is 2.43 bits per heavy atom. The van der Waals surface area contributed by atoms with Crippen LogP contribution in [0.3, 0.4) is 0 Å². The first-order valence-corrected chi connectivity index (χ1v) is 9.00. The van der Waals surface area contributed by atoms with E-state index in [-0.39, 0.29) is 17.9 Å². The fourth-order valence-electron chi connectivity index (χ4n) is 2.61. The molecule has 0 fully saturated rings. The van der Waals surface area contributed by atoms with E-state index in [1.54, 1.807) is 66.9 Å². The smallest absolute Gasteiger partial charge is 0.255 e. The first kappa shape index (κ1) is 19.2. The second kappa shape index (κ2) is 8.90. The Bertz CT molecular complexity index is 949. The van der Waals surface area contributed by atoms with Crippen LogP contribution in [0, 0.1) is 0 Å². The van der Waals surface area contributed by atoms with Gasteiger partial charge in [0, 0.05) is 16.8 Å². The molecule has 0 aliphatic rings. The monoisotopic (exact) mass is 378 g/mol. The van der Waals surface area contributed by atoms with Gasteiger partial charge in [-0.15, -0.1) is 0 Å². The van der Waals surface area contributed by atoms with Crippen molar-refractivity contribution in [2.45, 2.75) is 26.5 Å². The van der Waals surface area contributed by atoms with Gasteiger partial charge in [-0.25, -0.2) is 0 Å². The third-order valence-electron chi connectivity index (χ3n) is 3.85. The van der Waals surface area contributed by atoms with Crippen LogP contribution < -0.4 is 15.4 Å². The summed E-state index contributed by atoms with van der Waals surface area (Å²) in [5, 5.41) is 5.59. The predicted octanol–water partition coefficient (Wildman–Crippen LogP) is 4.25. The lowest BCUT2D eigenvalue weighted by Crippen LogP contribution is -2.22. The molecule has 0 spiro atoms. The highest BCUT2D eigenvalue weighted by atomic mass is 16.5. The molecule has 0 saturated carbocycles. The summed E-state index contributed by atoms with van der Waals surface area (Å²) in [6, 6.07) is 17.3. The maximum Gasteiger partial charge on any atom is 0.255 e. The summed E-state index contributed by atoms with van der Waals surface area (Å²) >= 11 is 0. The van der Waals surface area contributed by atoms with E-state index >= 15 is 0 Å². The van der Waals surface area contributed by atoms with Crippen LogP contribution in [-0.4, -0.2) is 17.9 Å². The van der Waals surface area contributed by atoms with Gasteiger partial charge in [-0.05, 0) is 62.4 Å². The third-order valence-corrected chi connectivity index (χ3v) is 3.85. The molecule has 1 heterocycles. The van der Waals surface area contributed by atoms with Crippen molar-refractivity contribution in [1.29, 1.82) is 0 Å². The Morgan fingerprint density at radius 2 is 1.71 bits per heavy atom. The SMILES string of the molecule is CC(C)Oc1cccc(C(=O)Nc2cccc(C(=O)NCc3ccco3)c2)c1. The zero-order valence-electron chi connectivity index (χ0n) is 15.8. The second-order valence-corrected chi connectivity index (χ2v) is 6.49. The number of carbonyl (C=O) groups is 2. The predicted molar refractivity (Wildman–Crippen MR) is 106 cm³/mol. The van der Waals surface area contributed by atoms with E-state index in [0.717, 1.165) is 0 Å². The van der Waals surface area contributed by atoms with Gasteiger partial charge in [0.25, 0.3) is 11.8 Å². The lowest BCUT2D eigenvalue weighted by molar-refractivity contribution is 0.0946. The van der Waals surface area contributed by atoms with Gasteiger partial charge in [0.2, 0.25) is 0 Å². The third kappa shape index (κ3) is 5.23. The molecule has 6 nitrogen and oxygen atoms in total. The standard InChI is InChI=1S/C22H22N2O4/c1-15(2)28-19-9-4-7-17(13-19)22(26)24-18-8-3-6-16(12-18)21(25)23-14-20-10-5-11-27-20/h3-13,15H,14H2,1-2H3,(H,23,25)(H,24,26). The summed E-state index contributed by atoms with van der Waals surface area (Å²) in [5.74, 6) is 0.775. The lowest BCUT2D eigenvalue weighted by atomic mass is 10.1. The molecule has 2 amide bonds. The lowest BCUT2D eigenvalue weighted by Gasteiger charge is -2.11. The van der Waals surface area contributed by atoms with Crippen molar-refractivity contribution in [2.75, 3.05) is 5.32 Å². The van der Waals surface area contributed by atoms with Crippen LogP contribution >= 0.6 is 0 Å². The topological polar surface area (TPSA) is 80.6 Å². The van der Waals surface area contributed by atoms with Gasteiger partial charge < -0.3 is 19.8 Å². The summed E-state index contributed by atoms with van der Waals surface area (Å²) in [4.78, 5) is 24.8. The molecule has 28 heavy (non-hydrogen) atoms. The molecule has 0 radical (unpaired) electrons. The van der Waals surface area contributed by atoms with Crippen molar-refractivity contribution in [1.82, 2.24) is 5.32 Å². The van der Waals surface area contributed by atoms with E-state index in [1.165, 1.54) is 0 Å². The summed E-state index contributed by atoms with van der Waals surface area (Å²) in [7, 11) is 0. The average Bonchev–Trinajstić information content (AvgIpc) is 3.19. The molecule has 1 aromatic heterocycles. The minimum atomic E-state index is -0.276. The number of furan rings is 1. The van der Waals surface area contributed by atoms with Crippen LogP contribution in [0.15, 0.2) is 71.3 Å². The summed E-state index contributed by atoms with van der Waals surface area (Å²) in [6.07, 6.45) is 1.58. The normalized spacial score (nSPS) is 10.5. The van der Waals surface area contributed by atoms with Crippen LogP contribution in [0.5, 0.6) is 5.75 Å². The van der Waals surface area contributed by atoms with Crippen LogP contribution in [0.2, 0.25) is 0 Å². The Morgan fingerprint density at radius 1 is 0.964 bits per heavy atom. The molecule has 6 heteroatoms. The zero-order valence-corrected chi connectivity index (χ0v) is 15.8. The van der Waals surface area contributed by atoms with Crippen molar-refractivity contribution >= 4 is 17.5 Å². The largest absolute Gasteiger partial charge is 0.491 e. The molecule has 2 aromatic carbocycles. The molecule has 3 rings (SSSR count). The number of nitrogens with one attached hydrogen (secondary N) is 2. The van der Waals surface area contributed by atoms with E-state index in [9.17, 15) is 9.59 Å². The van der Waals surface area contributed by atoms with Gasteiger partial charge in [0.1, 0.15) is 11.5 Å². The highest BCUT2D eigenvalue weighted by Gasteiger charge is 2.11. The van der Waals surface area contributed by atoms with Crippen LogP contribution in [0.1, 0.15) is 40.3 Å². The van der Waals surface area contributed by atoms with Gasteiger partial charge in [-0.3, -0.25) is 9.59 Å². The number of rotatable bonds is 7. The Hall–Kier alpha value is -3.54. The van der Waals surface area contributed by atoms with E-state index in [2.05, 4.69) is 10.6 Å². The Labute approximate surface area is 163 Å². The van der Waals surface area contributed by atoms with Crippen molar-refractivity contribution in [3.63, 3.8) is 0 Å². The number of amides is 2. The molecule has 0 unspecified atom stereocenters. The van der Waals surface area contributed by atoms with E-state index in [4.69, 9.17) is 9.15 Å². The highest BCUT2D eigenvalue weighted by molar-refractivity contribution is 6.05. The van der Waals surface area contributed by atoms with Crippen molar-refractivity contribution < 1.29 is 18.7 Å². The summed E-state index contributed by atoms with van der Waals surface area (Å²) in [5.41, 5.74) is 1.46. The molecule has 0 aliphatic carbocycles. The zero-order chi connectivity index (χ0) is 19.9. The van der Waals surface area contributed by atoms with Gasteiger partial charge in [0.05, 0.1) is 18.9 Å².